The molecule has 1 aromatic rings. The van der Waals surface area contributed by atoms with Crippen LogP contribution >= 0.6 is 0 Å². The van der Waals surface area contributed by atoms with Crippen molar-refractivity contribution in [1.29, 1.82) is 0 Å². The number of likely N-dealkylation sites (N-methyl/N-ethyl adjacent to an activating group) is 1. The van der Waals surface area contributed by atoms with Crippen molar-refractivity contribution in [2.45, 2.75) is 26.8 Å². The molecule has 1 atom stereocenters. The van der Waals surface area contributed by atoms with E-state index in [1.165, 1.54) is 0 Å². The molecule has 0 saturated heterocycles. The van der Waals surface area contributed by atoms with Gasteiger partial charge in [-0.25, -0.2) is 0 Å². The highest BCUT2D eigenvalue weighted by atomic mass is 16.3. The molecule has 0 amide bonds. The molecule has 0 spiro atoms. The first-order chi connectivity index (χ1) is 8.62. The fraction of sp³-hybridized carbons (Fsp3) is 0.769. The predicted molar refractivity (Wildman–Crippen MR) is 73.6 cm³/mol. The Hall–Kier alpha value is -0.910. The fourth-order valence-electron chi connectivity index (χ4n) is 2.17. The van der Waals surface area contributed by atoms with E-state index >= 15 is 0 Å². The van der Waals surface area contributed by atoms with Crippen molar-refractivity contribution < 1.29 is 5.11 Å². The largest absolute Gasteiger partial charge is 0.394 e. The quantitative estimate of drug-likeness (QED) is 0.717. The van der Waals surface area contributed by atoms with Crippen molar-refractivity contribution in [3.8, 4) is 0 Å². The molecule has 0 saturated carbocycles. The molecule has 1 heterocycles. The molecule has 18 heavy (non-hydrogen) atoms. The number of hydrogen-bond donors (Lipinski definition) is 2. The van der Waals surface area contributed by atoms with Gasteiger partial charge in [-0.1, -0.05) is 13.8 Å². The molecule has 0 aliphatic rings. The van der Waals surface area contributed by atoms with E-state index in [2.05, 4.69) is 29.2 Å². The van der Waals surface area contributed by atoms with Gasteiger partial charge in [0.15, 0.2) is 0 Å². The number of rotatable bonds is 8. The molecule has 0 bridgehead atoms. The predicted octanol–water partition coefficient (Wildman–Crippen LogP) is 0.693. The number of aliphatic hydroxyl groups excluding tert-OH is 1. The van der Waals surface area contributed by atoms with Crippen molar-refractivity contribution in [3.63, 3.8) is 0 Å². The lowest BCUT2D eigenvalue weighted by atomic mass is 10.1. The molecule has 0 radical (unpaired) electrons. The van der Waals surface area contributed by atoms with Crippen molar-refractivity contribution in [3.05, 3.63) is 17.5 Å². The van der Waals surface area contributed by atoms with Crippen molar-refractivity contribution in [2.24, 2.45) is 7.05 Å². The molecule has 0 aromatic carbocycles. The summed E-state index contributed by atoms with van der Waals surface area (Å²) in [5.41, 5.74) is 2.06. The van der Waals surface area contributed by atoms with E-state index in [1.54, 1.807) is 4.68 Å². The Balaban J connectivity index is 2.50. The average molecular weight is 254 g/mol. The Bertz CT molecular complexity index is 347. The number of nitrogens with one attached hydrogen (secondary N) is 1. The third-order valence-electron chi connectivity index (χ3n) is 3.32. The summed E-state index contributed by atoms with van der Waals surface area (Å²) in [4.78, 5) is 2.36. The maximum atomic E-state index is 9.48. The second kappa shape index (κ2) is 7.51. The minimum atomic E-state index is -0.0192. The van der Waals surface area contributed by atoms with Gasteiger partial charge in [0, 0.05) is 31.9 Å². The zero-order valence-corrected chi connectivity index (χ0v) is 12.0. The third kappa shape index (κ3) is 4.08. The smallest absolute Gasteiger partial charge is 0.0642 e. The first-order valence-electron chi connectivity index (χ1n) is 6.69. The molecule has 1 aromatic heterocycles. The third-order valence-corrected chi connectivity index (χ3v) is 3.32. The van der Waals surface area contributed by atoms with Crippen LogP contribution in [0.3, 0.4) is 0 Å². The van der Waals surface area contributed by atoms with Gasteiger partial charge in [0.2, 0.25) is 0 Å². The Kier molecular flexibility index (Phi) is 6.32. The Morgan fingerprint density at radius 3 is 2.56 bits per heavy atom. The lowest BCUT2D eigenvalue weighted by molar-refractivity contribution is 0.233. The Morgan fingerprint density at radius 1 is 1.44 bits per heavy atom. The number of nitrogens with zero attached hydrogens (tertiary/aromatic N) is 3. The van der Waals surface area contributed by atoms with E-state index in [9.17, 15) is 5.11 Å². The van der Waals surface area contributed by atoms with Crippen LogP contribution in [0.5, 0.6) is 0 Å². The summed E-state index contributed by atoms with van der Waals surface area (Å²) in [5, 5.41) is 17.2. The van der Waals surface area contributed by atoms with Gasteiger partial charge >= 0.3 is 0 Å². The van der Waals surface area contributed by atoms with E-state index in [-0.39, 0.29) is 12.6 Å². The standard InChI is InChI=1S/C13H26N4O/c1-5-17(6-2)8-7-14-13(10-18)12-9-16(4)15-11(12)3/h9,13-14,18H,5-8,10H2,1-4H3. The van der Waals surface area contributed by atoms with Gasteiger partial charge in [-0.3, -0.25) is 4.68 Å². The lowest BCUT2D eigenvalue weighted by Gasteiger charge is -2.21. The zero-order valence-electron chi connectivity index (χ0n) is 12.0. The van der Waals surface area contributed by atoms with Crippen LogP contribution in [0.4, 0.5) is 0 Å². The average Bonchev–Trinajstić information content (AvgIpc) is 2.69. The van der Waals surface area contributed by atoms with Gasteiger partial charge < -0.3 is 15.3 Å². The van der Waals surface area contributed by atoms with Crippen LogP contribution < -0.4 is 5.32 Å². The highest BCUT2D eigenvalue weighted by molar-refractivity contribution is 5.20. The van der Waals surface area contributed by atoms with E-state index in [1.807, 2.05) is 20.2 Å². The molecule has 5 heteroatoms. The van der Waals surface area contributed by atoms with Crippen LogP contribution in [0.2, 0.25) is 0 Å². The monoisotopic (exact) mass is 254 g/mol. The summed E-state index contributed by atoms with van der Waals surface area (Å²) < 4.78 is 1.79. The van der Waals surface area contributed by atoms with Gasteiger partial charge in [-0.2, -0.15) is 5.10 Å². The summed E-state index contributed by atoms with van der Waals surface area (Å²) in [5.74, 6) is 0. The maximum Gasteiger partial charge on any atom is 0.0642 e. The second-order valence-corrected chi connectivity index (χ2v) is 4.56. The van der Waals surface area contributed by atoms with Gasteiger partial charge in [0.25, 0.3) is 0 Å². The van der Waals surface area contributed by atoms with Gasteiger partial charge in [-0.15, -0.1) is 0 Å². The molecule has 0 fully saturated rings. The van der Waals surface area contributed by atoms with Crippen LogP contribution in [0.1, 0.15) is 31.1 Å². The number of hydrogen-bond acceptors (Lipinski definition) is 4. The van der Waals surface area contributed by atoms with Crippen LogP contribution in [0.15, 0.2) is 6.20 Å². The first kappa shape index (κ1) is 15.1. The number of aryl methyl sites for hydroxylation is 2. The summed E-state index contributed by atoms with van der Waals surface area (Å²) in [6.45, 7) is 10.4. The van der Waals surface area contributed by atoms with Gasteiger partial charge in [0.05, 0.1) is 18.3 Å². The van der Waals surface area contributed by atoms with Crippen molar-refractivity contribution >= 4 is 0 Å². The first-order valence-corrected chi connectivity index (χ1v) is 6.69. The minimum Gasteiger partial charge on any atom is -0.394 e. The highest BCUT2D eigenvalue weighted by Crippen LogP contribution is 2.15. The molecule has 5 nitrogen and oxygen atoms in total. The SMILES string of the molecule is CCN(CC)CCNC(CO)c1cn(C)nc1C. The minimum absolute atomic E-state index is 0.0192. The zero-order chi connectivity index (χ0) is 13.5. The summed E-state index contributed by atoms with van der Waals surface area (Å²) >= 11 is 0. The van der Waals surface area contributed by atoms with E-state index < -0.39 is 0 Å². The van der Waals surface area contributed by atoms with Crippen LogP contribution in [-0.2, 0) is 7.05 Å². The molecule has 1 rings (SSSR count). The van der Waals surface area contributed by atoms with Crippen LogP contribution in [-0.4, -0.2) is 52.6 Å². The molecular formula is C13H26N4O. The molecule has 1 unspecified atom stereocenters. The van der Waals surface area contributed by atoms with E-state index in [0.29, 0.717) is 0 Å². The van der Waals surface area contributed by atoms with Crippen molar-refractivity contribution in [2.75, 3.05) is 32.8 Å². The molecular weight excluding hydrogens is 228 g/mol. The van der Waals surface area contributed by atoms with Crippen LogP contribution in [0, 0.1) is 6.92 Å². The van der Waals surface area contributed by atoms with E-state index in [4.69, 9.17) is 0 Å². The normalized spacial score (nSPS) is 13.2. The van der Waals surface area contributed by atoms with Crippen molar-refractivity contribution in [1.82, 2.24) is 20.0 Å². The summed E-state index contributed by atoms with van der Waals surface area (Å²) in [6.07, 6.45) is 1.97. The van der Waals surface area contributed by atoms with E-state index in [0.717, 1.165) is 37.4 Å². The molecule has 0 aliphatic heterocycles. The molecule has 2 N–H and O–H groups in total. The number of aliphatic hydroxyl groups is 1. The fourth-order valence-corrected chi connectivity index (χ4v) is 2.17. The molecule has 104 valence electrons. The Labute approximate surface area is 110 Å². The van der Waals surface area contributed by atoms with Gasteiger partial charge in [-0.05, 0) is 20.0 Å². The number of aromatic nitrogens is 2. The topological polar surface area (TPSA) is 53.3 Å². The summed E-state index contributed by atoms with van der Waals surface area (Å²) in [6, 6.07) is -0.0192. The summed E-state index contributed by atoms with van der Waals surface area (Å²) in [7, 11) is 1.90. The van der Waals surface area contributed by atoms with Crippen LogP contribution in [0.25, 0.3) is 0 Å². The molecule has 0 aliphatic carbocycles. The second-order valence-electron chi connectivity index (χ2n) is 4.56. The maximum absolute atomic E-state index is 9.48. The van der Waals surface area contributed by atoms with Gasteiger partial charge in [0.1, 0.15) is 0 Å². The highest BCUT2D eigenvalue weighted by Gasteiger charge is 2.15. The Morgan fingerprint density at radius 2 is 2.11 bits per heavy atom. The lowest BCUT2D eigenvalue weighted by Crippen LogP contribution is -2.34.